The van der Waals surface area contributed by atoms with Crippen molar-refractivity contribution in [3.8, 4) is 11.8 Å². The van der Waals surface area contributed by atoms with Gasteiger partial charge in [-0.2, -0.15) is 13.1 Å². The summed E-state index contributed by atoms with van der Waals surface area (Å²) in [6, 6.07) is 4.57. The Morgan fingerprint density at radius 2 is 2.03 bits per heavy atom. The van der Waals surface area contributed by atoms with E-state index in [9.17, 15) is 23.0 Å². The molecule has 3 heterocycles. The van der Waals surface area contributed by atoms with Gasteiger partial charge in [0.05, 0.1) is 22.2 Å². The summed E-state index contributed by atoms with van der Waals surface area (Å²) in [5.74, 6) is 5.30. The van der Waals surface area contributed by atoms with Crippen LogP contribution in [0.2, 0.25) is 0 Å². The lowest BCUT2D eigenvalue weighted by Crippen LogP contribution is -2.42. The van der Waals surface area contributed by atoms with Crippen molar-refractivity contribution in [3.63, 3.8) is 0 Å². The van der Waals surface area contributed by atoms with Crippen LogP contribution in [0.5, 0.6) is 0 Å². The number of ether oxygens (including phenoxy) is 1. The molecular formula is C21H24FN7O5S. The number of nitrogen functional groups attached to an aromatic ring is 1. The molecule has 186 valence electrons. The van der Waals surface area contributed by atoms with E-state index in [4.69, 9.17) is 15.6 Å². The van der Waals surface area contributed by atoms with E-state index >= 15 is 0 Å². The minimum atomic E-state index is -4.04. The number of anilines is 2. The molecule has 0 saturated carbocycles. The first-order valence-electron chi connectivity index (χ1n) is 10.5. The fourth-order valence-corrected chi connectivity index (χ4v) is 4.24. The summed E-state index contributed by atoms with van der Waals surface area (Å²) in [6.45, 7) is 2.08. The third-order valence-electron chi connectivity index (χ3n) is 5.44. The van der Waals surface area contributed by atoms with Crippen molar-refractivity contribution in [1.29, 1.82) is 0 Å². The molecule has 0 aliphatic carbocycles. The quantitative estimate of drug-likeness (QED) is 0.237. The summed E-state index contributed by atoms with van der Waals surface area (Å²) in [4.78, 5) is 8.20. The maximum absolute atomic E-state index is 14.5. The van der Waals surface area contributed by atoms with Crippen molar-refractivity contribution in [2.45, 2.75) is 31.5 Å². The minimum Gasteiger partial charge on any atom is -0.387 e. The second-order valence-electron chi connectivity index (χ2n) is 7.79. The van der Waals surface area contributed by atoms with E-state index in [0.29, 0.717) is 23.2 Å². The number of nitrogens with zero attached hydrogens (tertiary/aromatic N) is 3. The Morgan fingerprint density at radius 3 is 2.74 bits per heavy atom. The van der Waals surface area contributed by atoms with Gasteiger partial charge in [0.1, 0.15) is 41.9 Å². The number of hydrogen-bond donors (Lipinski definition) is 6. The zero-order chi connectivity index (χ0) is 25.3. The van der Waals surface area contributed by atoms with E-state index in [1.807, 2.05) is 11.6 Å². The minimum absolute atomic E-state index is 0.0963. The fourth-order valence-electron chi connectivity index (χ4n) is 3.84. The maximum Gasteiger partial charge on any atom is 0.274 e. The molecule has 8 N–H and O–H groups in total. The number of nitrogens with two attached hydrogens (primary N) is 2. The molecule has 3 aromatic rings. The van der Waals surface area contributed by atoms with Crippen molar-refractivity contribution in [1.82, 2.24) is 19.3 Å². The van der Waals surface area contributed by atoms with Crippen molar-refractivity contribution in [2.24, 2.45) is 5.14 Å². The first-order chi connectivity index (χ1) is 16.6. The van der Waals surface area contributed by atoms with Crippen molar-refractivity contribution in [3.05, 3.63) is 47.7 Å². The molecule has 1 aliphatic rings. The van der Waals surface area contributed by atoms with Gasteiger partial charge in [0.25, 0.3) is 10.2 Å². The molecule has 4 atom stereocenters. The van der Waals surface area contributed by atoms with Gasteiger partial charge in [-0.15, -0.1) is 0 Å². The SMILES string of the molecule is CCNc1cccc(F)c1C#Cc1cn([C@@H]2O[C@H](CNS(N)(=O)=O)[C@@H](O)[C@H]2O)c2ncnc(N)c12. The van der Waals surface area contributed by atoms with Gasteiger partial charge >= 0.3 is 0 Å². The highest BCUT2D eigenvalue weighted by molar-refractivity contribution is 7.87. The van der Waals surface area contributed by atoms with Crippen LogP contribution in [0.1, 0.15) is 24.3 Å². The zero-order valence-corrected chi connectivity index (χ0v) is 19.3. The van der Waals surface area contributed by atoms with Crippen LogP contribution in [0.4, 0.5) is 15.9 Å². The van der Waals surface area contributed by atoms with Crippen molar-refractivity contribution >= 4 is 32.7 Å². The number of nitrogens with one attached hydrogen (secondary N) is 2. The maximum atomic E-state index is 14.5. The van der Waals surface area contributed by atoms with Crippen LogP contribution in [-0.2, 0) is 14.9 Å². The molecule has 2 aromatic heterocycles. The van der Waals surface area contributed by atoms with E-state index < -0.39 is 40.6 Å². The third kappa shape index (κ3) is 5.05. The number of aliphatic hydroxyl groups excluding tert-OH is 2. The Hall–Kier alpha value is -3.32. The summed E-state index contributed by atoms with van der Waals surface area (Å²) in [5, 5.41) is 29.3. The van der Waals surface area contributed by atoms with E-state index in [2.05, 4.69) is 27.1 Å². The Labute approximate surface area is 200 Å². The smallest absolute Gasteiger partial charge is 0.274 e. The highest BCUT2D eigenvalue weighted by Gasteiger charge is 2.44. The molecule has 14 heteroatoms. The molecule has 0 radical (unpaired) electrons. The number of halogens is 1. The lowest BCUT2D eigenvalue weighted by molar-refractivity contribution is -0.0327. The van der Waals surface area contributed by atoms with Crippen LogP contribution in [0.3, 0.4) is 0 Å². The number of aromatic nitrogens is 3. The molecular weight excluding hydrogens is 481 g/mol. The number of fused-ring (bicyclic) bond motifs is 1. The molecule has 0 spiro atoms. The Kier molecular flexibility index (Phi) is 6.90. The monoisotopic (exact) mass is 505 g/mol. The molecule has 0 unspecified atom stereocenters. The van der Waals surface area contributed by atoms with Crippen LogP contribution in [0, 0.1) is 17.7 Å². The lowest BCUT2D eigenvalue weighted by atomic mass is 10.1. The van der Waals surface area contributed by atoms with E-state index in [1.54, 1.807) is 12.1 Å². The van der Waals surface area contributed by atoms with Gasteiger partial charge in [-0.25, -0.2) is 19.5 Å². The molecule has 0 amide bonds. The fraction of sp³-hybridized carbons (Fsp3) is 0.333. The number of hydrogen-bond acceptors (Lipinski definition) is 9. The summed E-state index contributed by atoms with van der Waals surface area (Å²) < 4.78 is 46.1. The van der Waals surface area contributed by atoms with Gasteiger partial charge in [0.15, 0.2) is 6.23 Å². The van der Waals surface area contributed by atoms with Gasteiger partial charge in [-0.05, 0) is 19.1 Å². The highest BCUT2D eigenvalue weighted by Crippen LogP contribution is 2.34. The summed E-state index contributed by atoms with van der Waals surface area (Å²) in [7, 11) is -4.04. The zero-order valence-electron chi connectivity index (χ0n) is 18.5. The Bertz CT molecular complexity index is 1420. The standard InChI is InChI=1S/C21H24FN7O5S/c1-2-25-14-5-3-4-13(22)12(14)7-6-11-9-29(20-16(11)19(23)26-10-27-20)21-18(31)17(30)15(34-21)8-28-35(24,32)33/h3-5,9-10,15,17-18,21,25,28,30-31H,2,8H2,1H3,(H2,23,26,27)(H2,24,32,33)/t15-,17-,18-,21-/m1/s1. The third-order valence-corrected chi connectivity index (χ3v) is 6.01. The van der Waals surface area contributed by atoms with Crippen molar-refractivity contribution in [2.75, 3.05) is 24.1 Å². The lowest BCUT2D eigenvalue weighted by Gasteiger charge is -2.17. The predicted molar refractivity (Wildman–Crippen MR) is 126 cm³/mol. The van der Waals surface area contributed by atoms with Crippen LogP contribution in [0.15, 0.2) is 30.7 Å². The average molecular weight is 506 g/mol. The predicted octanol–water partition coefficient (Wildman–Crippen LogP) is -0.603. The molecule has 1 aromatic carbocycles. The van der Waals surface area contributed by atoms with Crippen LogP contribution < -0.4 is 20.9 Å². The summed E-state index contributed by atoms with van der Waals surface area (Å²) >= 11 is 0. The van der Waals surface area contributed by atoms with Gasteiger partial charge in [0, 0.05) is 19.3 Å². The number of aliphatic hydroxyl groups is 2. The van der Waals surface area contributed by atoms with Crippen LogP contribution in [0.25, 0.3) is 11.0 Å². The van der Waals surface area contributed by atoms with E-state index in [1.165, 1.54) is 23.2 Å². The highest BCUT2D eigenvalue weighted by atomic mass is 32.2. The Morgan fingerprint density at radius 1 is 1.26 bits per heavy atom. The number of benzene rings is 1. The molecule has 1 saturated heterocycles. The van der Waals surface area contributed by atoms with Crippen molar-refractivity contribution < 1.29 is 27.8 Å². The molecule has 35 heavy (non-hydrogen) atoms. The molecule has 1 aliphatic heterocycles. The molecule has 0 bridgehead atoms. The second-order valence-corrected chi connectivity index (χ2v) is 9.17. The van der Waals surface area contributed by atoms with Gasteiger partial charge < -0.3 is 30.6 Å². The summed E-state index contributed by atoms with van der Waals surface area (Å²) in [6.07, 6.45) is -2.42. The number of rotatable bonds is 6. The first kappa shape index (κ1) is 24.8. The molecule has 4 rings (SSSR count). The largest absolute Gasteiger partial charge is 0.387 e. The normalized spacial score (nSPS) is 22.2. The van der Waals surface area contributed by atoms with Gasteiger partial charge in [0.2, 0.25) is 0 Å². The van der Waals surface area contributed by atoms with Gasteiger partial charge in [-0.3, -0.25) is 0 Å². The topological polar surface area (TPSA) is 191 Å². The summed E-state index contributed by atoms with van der Waals surface area (Å²) in [5.41, 5.74) is 7.33. The molecule has 1 fully saturated rings. The molecule has 12 nitrogen and oxygen atoms in total. The van der Waals surface area contributed by atoms with E-state index in [0.717, 1.165) is 0 Å². The van der Waals surface area contributed by atoms with Crippen LogP contribution in [-0.4, -0.2) is 64.6 Å². The van der Waals surface area contributed by atoms with Gasteiger partial charge in [-0.1, -0.05) is 17.9 Å². The van der Waals surface area contributed by atoms with Crippen LogP contribution >= 0.6 is 0 Å². The first-order valence-corrected chi connectivity index (χ1v) is 12.1. The second kappa shape index (κ2) is 9.74. The average Bonchev–Trinajstić information content (AvgIpc) is 3.30. The van der Waals surface area contributed by atoms with E-state index in [-0.39, 0.29) is 23.6 Å². The Balaban J connectivity index is 1.75.